The Balaban J connectivity index is 1.93. The Morgan fingerprint density at radius 1 is 1.27 bits per heavy atom. The smallest absolute Gasteiger partial charge is 0.244 e. The van der Waals surface area contributed by atoms with E-state index in [-0.39, 0.29) is 37.1 Å². The molecule has 1 aliphatic rings. The highest BCUT2D eigenvalue weighted by atomic mass is 16.2. The second kappa shape index (κ2) is 7.59. The summed E-state index contributed by atoms with van der Waals surface area (Å²) in [6.45, 7) is 2.68. The van der Waals surface area contributed by atoms with Crippen LogP contribution in [-0.4, -0.2) is 30.8 Å². The zero-order valence-electron chi connectivity index (χ0n) is 12.7. The Morgan fingerprint density at radius 3 is 2.82 bits per heavy atom. The molecular weight excluding hydrogens is 282 g/mol. The number of hydrogen-bond acceptors (Lipinski definition) is 3. The van der Waals surface area contributed by atoms with E-state index in [1.807, 2.05) is 6.07 Å². The number of benzene rings is 1. The van der Waals surface area contributed by atoms with Crippen molar-refractivity contribution in [1.29, 1.82) is 0 Å². The first-order valence-corrected chi connectivity index (χ1v) is 7.57. The minimum absolute atomic E-state index is 0.00665. The Bertz CT molecular complexity index is 572. The van der Waals surface area contributed by atoms with Gasteiger partial charge in [0.15, 0.2) is 0 Å². The van der Waals surface area contributed by atoms with Crippen LogP contribution in [0.3, 0.4) is 0 Å². The molecule has 0 radical (unpaired) electrons. The first kappa shape index (κ1) is 16.0. The number of carbonyl (C=O) groups is 3. The summed E-state index contributed by atoms with van der Waals surface area (Å²) in [7, 11) is 0. The molecule has 22 heavy (non-hydrogen) atoms. The second-order valence-electron chi connectivity index (χ2n) is 5.25. The molecule has 0 aliphatic carbocycles. The van der Waals surface area contributed by atoms with Gasteiger partial charge in [0.25, 0.3) is 0 Å². The van der Waals surface area contributed by atoms with Gasteiger partial charge in [-0.3, -0.25) is 14.4 Å². The van der Waals surface area contributed by atoms with Gasteiger partial charge in [-0.05, 0) is 18.6 Å². The molecule has 0 saturated carbocycles. The molecular formula is C16H21N3O3. The molecule has 1 aliphatic heterocycles. The molecule has 1 aromatic rings. The molecule has 0 aromatic heterocycles. The number of rotatable bonds is 6. The third kappa shape index (κ3) is 4.07. The van der Waals surface area contributed by atoms with Gasteiger partial charge in [-0.2, -0.15) is 0 Å². The maximum atomic E-state index is 12.3. The minimum atomic E-state index is -0.223. The zero-order valence-corrected chi connectivity index (χ0v) is 12.7. The molecule has 0 unspecified atom stereocenters. The average Bonchev–Trinajstić information content (AvgIpc) is 2.52. The Hall–Kier alpha value is -2.37. The monoisotopic (exact) mass is 303 g/mol. The fourth-order valence-corrected chi connectivity index (χ4v) is 2.30. The van der Waals surface area contributed by atoms with Crippen LogP contribution in [0.25, 0.3) is 0 Å². The van der Waals surface area contributed by atoms with E-state index in [1.54, 1.807) is 18.2 Å². The topological polar surface area (TPSA) is 78.5 Å². The Kier molecular flexibility index (Phi) is 5.52. The SMILES string of the molecule is CCCCNC(=O)CCC(=O)N1CC(=O)Nc2ccccc21. The van der Waals surface area contributed by atoms with E-state index in [0.717, 1.165) is 12.8 Å². The number of anilines is 2. The van der Waals surface area contributed by atoms with Crippen molar-refractivity contribution in [2.24, 2.45) is 0 Å². The fourth-order valence-electron chi connectivity index (χ4n) is 2.30. The van der Waals surface area contributed by atoms with Crippen molar-refractivity contribution in [3.8, 4) is 0 Å². The van der Waals surface area contributed by atoms with Crippen molar-refractivity contribution >= 4 is 29.1 Å². The molecule has 0 fully saturated rings. The van der Waals surface area contributed by atoms with Gasteiger partial charge in [-0.1, -0.05) is 25.5 Å². The Labute approximate surface area is 129 Å². The molecule has 3 amide bonds. The number of carbonyl (C=O) groups excluding carboxylic acids is 3. The van der Waals surface area contributed by atoms with Crippen molar-refractivity contribution in [3.63, 3.8) is 0 Å². The van der Waals surface area contributed by atoms with Crippen LogP contribution in [0.2, 0.25) is 0 Å². The second-order valence-corrected chi connectivity index (χ2v) is 5.25. The summed E-state index contributed by atoms with van der Waals surface area (Å²) in [5.74, 6) is -0.566. The summed E-state index contributed by atoms with van der Waals surface area (Å²) in [6.07, 6.45) is 2.18. The molecule has 0 saturated heterocycles. The highest BCUT2D eigenvalue weighted by Gasteiger charge is 2.26. The first-order chi connectivity index (χ1) is 10.6. The summed E-state index contributed by atoms with van der Waals surface area (Å²) >= 11 is 0. The lowest BCUT2D eigenvalue weighted by molar-refractivity contribution is -0.125. The molecule has 2 N–H and O–H groups in total. The molecule has 0 atom stereocenters. The predicted octanol–water partition coefficient (Wildman–Crippen LogP) is 1.67. The maximum Gasteiger partial charge on any atom is 0.244 e. The van der Waals surface area contributed by atoms with E-state index in [9.17, 15) is 14.4 Å². The van der Waals surface area contributed by atoms with Gasteiger partial charge in [0, 0.05) is 19.4 Å². The van der Waals surface area contributed by atoms with Crippen molar-refractivity contribution < 1.29 is 14.4 Å². The van der Waals surface area contributed by atoms with E-state index >= 15 is 0 Å². The normalized spacial score (nSPS) is 13.3. The van der Waals surface area contributed by atoms with Crippen molar-refractivity contribution in [3.05, 3.63) is 24.3 Å². The molecule has 1 heterocycles. The van der Waals surface area contributed by atoms with Crippen LogP contribution >= 0.6 is 0 Å². The Morgan fingerprint density at radius 2 is 2.05 bits per heavy atom. The van der Waals surface area contributed by atoms with Crippen LogP contribution in [0.1, 0.15) is 32.6 Å². The van der Waals surface area contributed by atoms with Crippen molar-refractivity contribution in [2.75, 3.05) is 23.3 Å². The van der Waals surface area contributed by atoms with E-state index in [4.69, 9.17) is 0 Å². The van der Waals surface area contributed by atoms with Gasteiger partial charge in [-0.25, -0.2) is 0 Å². The van der Waals surface area contributed by atoms with Crippen LogP contribution in [-0.2, 0) is 14.4 Å². The van der Waals surface area contributed by atoms with E-state index < -0.39 is 0 Å². The van der Waals surface area contributed by atoms with Crippen LogP contribution in [0.4, 0.5) is 11.4 Å². The standard InChI is InChI=1S/C16H21N3O3/c1-2-3-10-17-14(20)8-9-16(22)19-11-15(21)18-12-6-4-5-7-13(12)19/h4-7H,2-3,8-11H2,1H3,(H,17,20)(H,18,21). The molecule has 6 heteroatoms. The van der Waals surface area contributed by atoms with Crippen molar-refractivity contribution in [1.82, 2.24) is 5.32 Å². The van der Waals surface area contributed by atoms with Crippen LogP contribution in [0, 0.1) is 0 Å². The van der Waals surface area contributed by atoms with Gasteiger partial charge in [-0.15, -0.1) is 0 Å². The first-order valence-electron chi connectivity index (χ1n) is 7.57. The van der Waals surface area contributed by atoms with E-state index in [1.165, 1.54) is 4.90 Å². The maximum absolute atomic E-state index is 12.3. The third-order valence-corrected chi connectivity index (χ3v) is 3.49. The molecule has 6 nitrogen and oxygen atoms in total. The number of unbranched alkanes of at least 4 members (excludes halogenated alkanes) is 1. The number of hydrogen-bond donors (Lipinski definition) is 2. The molecule has 0 bridgehead atoms. The zero-order chi connectivity index (χ0) is 15.9. The highest BCUT2D eigenvalue weighted by molar-refractivity contribution is 6.10. The molecule has 1 aromatic carbocycles. The fraction of sp³-hybridized carbons (Fsp3) is 0.438. The van der Waals surface area contributed by atoms with Gasteiger partial charge in [0.2, 0.25) is 17.7 Å². The summed E-state index contributed by atoms with van der Waals surface area (Å²) in [6, 6.07) is 7.15. The van der Waals surface area contributed by atoms with Gasteiger partial charge in [0.05, 0.1) is 11.4 Å². The van der Waals surface area contributed by atoms with Gasteiger partial charge >= 0.3 is 0 Å². The summed E-state index contributed by atoms with van der Waals surface area (Å²) in [4.78, 5) is 37.1. The lowest BCUT2D eigenvalue weighted by atomic mass is 10.1. The van der Waals surface area contributed by atoms with Crippen LogP contribution in [0.5, 0.6) is 0 Å². The van der Waals surface area contributed by atoms with Crippen LogP contribution < -0.4 is 15.5 Å². The third-order valence-electron chi connectivity index (χ3n) is 3.49. The minimum Gasteiger partial charge on any atom is -0.356 e. The van der Waals surface area contributed by atoms with E-state index in [2.05, 4.69) is 17.6 Å². The average molecular weight is 303 g/mol. The largest absolute Gasteiger partial charge is 0.356 e. The predicted molar refractivity (Wildman–Crippen MR) is 84.6 cm³/mol. The molecule has 2 rings (SSSR count). The van der Waals surface area contributed by atoms with Gasteiger partial charge in [0.1, 0.15) is 6.54 Å². The number of amides is 3. The van der Waals surface area contributed by atoms with Gasteiger partial charge < -0.3 is 15.5 Å². The lowest BCUT2D eigenvalue weighted by Gasteiger charge is -2.29. The van der Waals surface area contributed by atoms with E-state index in [0.29, 0.717) is 17.9 Å². The summed E-state index contributed by atoms with van der Waals surface area (Å²) in [5.41, 5.74) is 1.30. The summed E-state index contributed by atoms with van der Waals surface area (Å²) < 4.78 is 0. The quantitative estimate of drug-likeness (QED) is 0.785. The number of nitrogens with one attached hydrogen (secondary N) is 2. The van der Waals surface area contributed by atoms with Crippen LogP contribution in [0.15, 0.2) is 24.3 Å². The number of para-hydroxylation sites is 2. The molecule has 118 valence electrons. The van der Waals surface area contributed by atoms with Crippen molar-refractivity contribution in [2.45, 2.75) is 32.6 Å². The number of fused-ring (bicyclic) bond motifs is 1. The highest BCUT2D eigenvalue weighted by Crippen LogP contribution is 2.29. The summed E-state index contributed by atoms with van der Waals surface area (Å²) in [5, 5.41) is 5.51. The molecule has 0 spiro atoms. The lowest BCUT2D eigenvalue weighted by Crippen LogP contribution is -2.42. The number of nitrogens with zero attached hydrogens (tertiary/aromatic N) is 1.